The Balaban J connectivity index is 1.85. The molecular formula is C38H50O12. The molecule has 0 N–H and O–H groups in total. The first-order valence-corrected chi connectivity index (χ1v) is 17.2. The topological polar surface area (TPSA) is 154 Å². The monoisotopic (exact) mass is 698 g/mol. The van der Waals surface area contributed by atoms with Gasteiger partial charge in [0.1, 0.15) is 24.4 Å². The minimum atomic E-state index is -1.26. The summed E-state index contributed by atoms with van der Waals surface area (Å²) < 4.78 is 42.2. The summed E-state index contributed by atoms with van der Waals surface area (Å²) in [4.78, 5) is 65.5. The summed E-state index contributed by atoms with van der Waals surface area (Å²) in [5, 5.41) is 0. The summed E-state index contributed by atoms with van der Waals surface area (Å²) in [5.41, 5.74) is -0.300. The molecule has 2 heterocycles. The zero-order valence-electron chi connectivity index (χ0n) is 30.7. The van der Waals surface area contributed by atoms with Crippen LogP contribution in [0.1, 0.15) is 93.1 Å². The van der Waals surface area contributed by atoms with Gasteiger partial charge in [-0.1, -0.05) is 32.4 Å². The van der Waals surface area contributed by atoms with E-state index in [0.29, 0.717) is 17.6 Å². The van der Waals surface area contributed by atoms with Crippen molar-refractivity contribution in [1.82, 2.24) is 0 Å². The Labute approximate surface area is 293 Å². The molecule has 11 atom stereocenters. The first-order valence-electron chi connectivity index (χ1n) is 17.2. The number of hydrogen-bond acceptors (Lipinski definition) is 12. The normalized spacial score (nSPS) is 37.8. The molecule has 12 nitrogen and oxygen atoms in total. The SMILES string of the molecule is CC=C(C)C(=O)O[C@@H]1[C@@H]2OC[C@]3(C)[C@H](OC(C)=O)C[C@H](OC(C)=O)[C@@](C)([C@@H]23)[C@@H](CC(=O)OC)[C@]1(C)C1=C(C)[C@H](c2ccoc2)C[C@@H]1OC(C)=O. The van der Waals surface area contributed by atoms with Gasteiger partial charge in [0.25, 0.3) is 0 Å². The average molecular weight is 699 g/mol. The Morgan fingerprint density at radius 3 is 2.12 bits per heavy atom. The fourth-order valence-corrected chi connectivity index (χ4v) is 10.2. The third-order valence-corrected chi connectivity index (χ3v) is 12.3. The van der Waals surface area contributed by atoms with Crippen molar-refractivity contribution in [3.8, 4) is 0 Å². The van der Waals surface area contributed by atoms with Gasteiger partial charge in [0.05, 0.1) is 32.3 Å². The Hall–Kier alpha value is -3.93. The molecular weight excluding hydrogens is 648 g/mol. The lowest BCUT2D eigenvalue weighted by Gasteiger charge is -2.66. The van der Waals surface area contributed by atoms with Crippen molar-refractivity contribution in [2.45, 2.75) is 118 Å². The van der Waals surface area contributed by atoms with Gasteiger partial charge in [0, 0.05) is 67.3 Å². The smallest absolute Gasteiger partial charge is 0.333 e. The second kappa shape index (κ2) is 13.7. The number of carbonyl (C=O) groups is 5. The minimum Gasteiger partial charge on any atom is -0.472 e. The Bertz CT molecular complexity index is 1590. The van der Waals surface area contributed by atoms with Crippen LogP contribution in [0.2, 0.25) is 0 Å². The molecule has 3 fully saturated rings. The zero-order chi connectivity index (χ0) is 36.9. The lowest BCUT2D eigenvalue weighted by Crippen LogP contribution is -2.72. The molecule has 0 unspecified atom stereocenters. The van der Waals surface area contributed by atoms with Crippen molar-refractivity contribution in [3.63, 3.8) is 0 Å². The van der Waals surface area contributed by atoms with E-state index in [-0.39, 0.29) is 25.4 Å². The van der Waals surface area contributed by atoms with E-state index in [9.17, 15) is 24.0 Å². The van der Waals surface area contributed by atoms with Crippen LogP contribution in [0.15, 0.2) is 45.8 Å². The summed E-state index contributed by atoms with van der Waals surface area (Å²) in [5.74, 6) is -4.12. The molecule has 0 radical (unpaired) electrons. The Morgan fingerprint density at radius 2 is 1.56 bits per heavy atom. The molecule has 3 aliphatic carbocycles. The molecule has 12 heteroatoms. The summed E-state index contributed by atoms with van der Waals surface area (Å²) in [7, 11) is 1.31. The number of rotatable bonds is 9. The molecule has 0 amide bonds. The zero-order valence-corrected chi connectivity index (χ0v) is 30.7. The van der Waals surface area contributed by atoms with Gasteiger partial charge >= 0.3 is 29.8 Å². The lowest BCUT2D eigenvalue weighted by molar-refractivity contribution is -0.260. The van der Waals surface area contributed by atoms with E-state index in [1.165, 1.54) is 27.9 Å². The summed E-state index contributed by atoms with van der Waals surface area (Å²) in [6.07, 6.45) is 1.11. The van der Waals surface area contributed by atoms with Gasteiger partial charge < -0.3 is 32.8 Å². The number of ether oxygens (including phenoxy) is 6. The van der Waals surface area contributed by atoms with Crippen molar-refractivity contribution in [2.24, 2.45) is 28.1 Å². The van der Waals surface area contributed by atoms with Crippen LogP contribution in [0.25, 0.3) is 0 Å². The maximum absolute atomic E-state index is 13.8. The average Bonchev–Trinajstić information content (AvgIpc) is 3.77. The van der Waals surface area contributed by atoms with Crippen molar-refractivity contribution in [2.75, 3.05) is 13.7 Å². The van der Waals surface area contributed by atoms with Crippen LogP contribution in [-0.4, -0.2) is 74.1 Å². The predicted molar refractivity (Wildman–Crippen MR) is 177 cm³/mol. The first kappa shape index (κ1) is 37.3. The molecule has 50 heavy (non-hydrogen) atoms. The van der Waals surface area contributed by atoms with Crippen LogP contribution in [0.5, 0.6) is 0 Å². The van der Waals surface area contributed by atoms with E-state index in [1.54, 1.807) is 32.4 Å². The van der Waals surface area contributed by atoms with Crippen LogP contribution in [-0.2, 0) is 52.4 Å². The predicted octanol–water partition coefficient (Wildman–Crippen LogP) is 5.39. The fraction of sp³-hybridized carbons (Fsp3) is 0.658. The van der Waals surface area contributed by atoms with Gasteiger partial charge in [0.15, 0.2) is 0 Å². The molecule has 1 aromatic heterocycles. The van der Waals surface area contributed by atoms with Crippen molar-refractivity contribution in [1.29, 1.82) is 0 Å². The lowest BCUT2D eigenvalue weighted by atomic mass is 9.39. The summed E-state index contributed by atoms with van der Waals surface area (Å²) >= 11 is 0. The highest BCUT2D eigenvalue weighted by atomic mass is 16.6. The van der Waals surface area contributed by atoms with E-state index in [1.807, 2.05) is 33.8 Å². The molecule has 0 aromatic carbocycles. The number of methoxy groups -OCH3 is 1. The van der Waals surface area contributed by atoms with E-state index < -0.39 is 88.4 Å². The highest BCUT2D eigenvalue weighted by Gasteiger charge is 2.77. The molecule has 5 rings (SSSR count). The van der Waals surface area contributed by atoms with Crippen molar-refractivity contribution < 1.29 is 56.8 Å². The second-order valence-electron chi connectivity index (χ2n) is 15.0. The van der Waals surface area contributed by atoms with Gasteiger partial charge in [-0.25, -0.2) is 4.79 Å². The molecule has 1 aromatic rings. The number of hydrogen-bond donors (Lipinski definition) is 0. The minimum absolute atomic E-state index is 0.142. The Morgan fingerprint density at radius 1 is 0.920 bits per heavy atom. The quantitative estimate of drug-likeness (QED) is 0.141. The number of furan rings is 1. The largest absolute Gasteiger partial charge is 0.472 e. The van der Waals surface area contributed by atoms with Crippen LogP contribution in [0.4, 0.5) is 0 Å². The standard InChI is InChI=1S/C38H50O12/c1-11-19(2)35(43)50-34-32-33-36(7,18-46-32)28(48-22(5)40)16-29(49-23(6)41)37(33,8)27(15-30(42)44-10)38(34,9)31-20(3)25(24-12-13-45-17-24)14-26(31)47-21(4)39/h11-13,17,25-29,32-34H,14-16,18H2,1-10H3/t25-,26+,27-,28-,29+,32-,33+,34-,36-,37+,38-/m1/s1. The molecule has 4 aliphatic rings. The maximum Gasteiger partial charge on any atom is 0.333 e. The first-order chi connectivity index (χ1) is 23.4. The van der Waals surface area contributed by atoms with Gasteiger partial charge in [-0.3, -0.25) is 19.2 Å². The second-order valence-corrected chi connectivity index (χ2v) is 15.0. The van der Waals surface area contributed by atoms with E-state index in [4.69, 9.17) is 32.8 Å². The fourth-order valence-electron chi connectivity index (χ4n) is 10.2. The van der Waals surface area contributed by atoms with Crippen LogP contribution >= 0.6 is 0 Å². The number of carbonyl (C=O) groups excluding carboxylic acids is 5. The van der Waals surface area contributed by atoms with E-state index >= 15 is 0 Å². The molecule has 0 bridgehead atoms. The van der Waals surface area contributed by atoms with Gasteiger partial charge in [0.2, 0.25) is 0 Å². The van der Waals surface area contributed by atoms with Crippen LogP contribution in [0, 0.1) is 28.1 Å². The molecule has 1 saturated heterocycles. The van der Waals surface area contributed by atoms with Gasteiger partial charge in [-0.15, -0.1) is 0 Å². The molecule has 1 aliphatic heterocycles. The highest BCUT2D eigenvalue weighted by Crippen LogP contribution is 2.72. The van der Waals surface area contributed by atoms with E-state index in [2.05, 4.69) is 0 Å². The van der Waals surface area contributed by atoms with Crippen LogP contribution in [0.3, 0.4) is 0 Å². The van der Waals surface area contributed by atoms with E-state index in [0.717, 1.165) is 11.1 Å². The highest BCUT2D eigenvalue weighted by molar-refractivity contribution is 5.88. The Kier molecular flexibility index (Phi) is 10.2. The van der Waals surface area contributed by atoms with Crippen molar-refractivity contribution >= 4 is 29.8 Å². The summed E-state index contributed by atoms with van der Waals surface area (Å²) in [6, 6.07) is 1.86. The van der Waals surface area contributed by atoms with Crippen molar-refractivity contribution in [3.05, 3.63) is 47.0 Å². The summed E-state index contributed by atoms with van der Waals surface area (Å²) in [6.45, 7) is 15.4. The molecule has 274 valence electrons. The third-order valence-electron chi connectivity index (χ3n) is 12.3. The number of esters is 5. The van der Waals surface area contributed by atoms with Gasteiger partial charge in [-0.2, -0.15) is 0 Å². The third kappa shape index (κ3) is 5.96. The number of allylic oxidation sites excluding steroid dienone is 2. The molecule has 0 spiro atoms. The van der Waals surface area contributed by atoms with Crippen LogP contribution < -0.4 is 0 Å². The van der Waals surface area contributed by atoms with Gasteiger partial charge in [-0.05, 0) is 50.3 Å². The molecule has 2 saturated carbocycles. The maximum atomic E-state index is 13.8.